The molecule has 1 aromatic rings. The molecule has 0 amide bonds. The molecule has 4 heteroatoms. The number of hydrogen-bond donors (Lipinski definition) is 2. The van der Waals surface area contributed by atoms with Gasteiger partial charge in [-0.05, 0) is 12.8 Å². The normalized spacial score (nSPS) is 10.3. The van der Waals surface area contributed by atoms with E-state index in [9.17, 15) is 4.79 Å². The summed E-state index contributed by atoms with van der Waals surface area (Å²) in [7, 11) is 0. The van der Waals surface area contributed by atoms with Gasteiger partial charge in [-0.1, -0.05) is 13.3 Å². The smallest absolute Gasteiger partial charge is 0.285 e. The Balaban J connectivity index is 2.65. The van der Waals surface area contributed by atoms with E-state index in [1.54, 1.807) is 0 Å². The van der Waals surface area contributed by atoms with E-state index in [1.165, 1.54) is 6.07 Å². The Morgan fingerprint density at radius 2 is 2.45 bits per heavy atom. The predicted octanol–water partition coefficient (Wildman–Crippen LogP) is 0.233. The first kappa shape index (κ1) is 7.91. The Labute approximate surface area is 65.0 Å². The van der Waals surface area contributed by atoms with Crippen molar-refractivity contribution in [2.75, 3.05) is 5.84 Å². The second-order valence-electron chi connectivity index (χ2n) is 2.59. The summed E-state index contributed by atoms with van der Waals surface area (Å²) in [6.07, 6.45) is 3.10. The quantitative estimate of drug-likeness (QED) is 0.614. The van der Waals surface area contributed by atoms with Crippen molar-refractivity contribution >= 4 is 0 Å². The molecule has 1 aromatic heterocycles. The Kier molecular flexibility index (Phi) is 2.36. The first-order valence-electron chi connectivity index (χ1n) is 3.80. The summed E-state index contributed by atoms with van der Waals surface area (Å²) >= 11 is 0. The number of aromatic nitrogens is 2. The largest absolute Gasteiger partial charge is 0.321 e. The molecule has 62 valence electrons. The lowest BCUT2D eigenvalue weighted by Crippen LogP contribution is -2.23. The lowest BCUT2D eigenvalue weighted by molar-refractivity contribution is 0.732. The molecule has 0 fully saturated rings. The average Bonchev–Trinajstić information content (AvgIpc) is 2.28. The summed E-state index contributed by atoms with van der Waals surface area (Å²) in [6, 6.07) is 1.54. The van der Waals surface area contributed by atoms with Gasteiger partial charge in [-0.15, -0.1) is 0 Å². The Morgan fingerprint density at radius 3 is 2.91 bits per heavy atom. The molecule has 0 atom stereocenters. The lowest BCUT2D eigenvalue weighted by Gasteiger charge is -1.92. The van der Waals surface area contributed by atoms with Crippen LogP contribution in [0.1, 0.15) is 25.5 Å². The molecule has 0 aliphatic heterocycles. The molecule has 0 saturated carbocycles. The number of aryl methyl sites for hydroxylation is 1. The van der Waals surface area contributed by atoms with Crippen LogP contribution < -0.4 is 11.4 Å². The minimum atomic E-state index is -0.170. The number of hydrogen-bond acceptors (Lipinski definition) is 2. The molecule has 0 radical (unpaired) electrons. The molecule has 1 rings (SSSR count). The monoisotopic (exact) mass is 155 g/mol. The van der Waals surface area contributed by atoms with Gasteiger partial charge in [0.1, 0.15) is 0 Å². The minimum absolute atomic E-state index is 0.170. The van der Waals surface area contributed by atoms with Crippen molar-refractivity contribution in [3.05, 3.63) is 22.1 Å². The first-order chi connectivity index (χ1) is 5.24. The van der Waals surface area contributed by atoms with Gasteiger partial charge >= 0.3 is 0 Å². The van der Waals surface area contributed by atoms with Crippen LogP contribution in [-0.4, -0.2) is 9.89 Å². The number of nitrogen functional groups attached to an aromatic ring is 1. The van der Waals surface area contributed by atoms with Crippen molar-refractivity contribution in [1.29, 1.82) is 0 Å². The molecule has 0 aromatic carbocycles. The van der Waals surface area contributed by atoms with Gasteiger partial charge in [0.05, 0.1) is 0 Å². The third kappa shape index (κ3) is 1.86. The number of H-pyrrole nitrogens is 1. The summed E-state index contributed by atoms with van der Waals surface area (Å²) in [4.78, 5) is 11.8. The van der Waals surface area contributed by atoms with Gasteiger partial charge < -0.3 is 5.84 Å². The van der Waals surface area contributed by atoms with Crippen LogP contribution in [0.15, 0.2) is 10.9 Å². The van der Waals surface area contributed by atoms with Crippen molar-refractivity contribution in [3.63, 3.8) is 0 Å². The maximum atomic E-state index is 10.8. The van der Waals surface area contributed by atoms with Crippen molar-refractivity contribution < 1.29 is 0 Å². The molecule has 1 heterocycles. The van der Waals surface area contributed by atoms with Crippen LogP contribution in [0.4, 0.5) is 0 Å². The summed E-state index contributed by atoms with van der Waals surface area (Å²) in [6.45, 7) is 2.11. The lowest BCUT2D eigenvalue weighted by atomic mass is 10.2. The van der Waals surface area contributed by atoms with Crippen LogP contribution in [0, 0.1) is 0 Å². The van der Waals surface area contributed by atoms with Crippen molar-refractivity contribution in [1.82, 2.24) is 9.89 Å². The van der Waals surface area contributed by atoms with E-state index >= 15 is 0 Å². The average molecular weight is 155 g/mol. The van der Waals surface area contributed by atoms with Crippen LogP contribution in [0.2, 0.25) is 0 Å². The third-order valence-electron chi connectivity index (χ3n) is 1.60. The molecule has 11 heavy (non-hydrogen) atoms. The van der Waals surface area contributed by atoms with Crippen LogP contribution >= 0.6 is 0 Å². The summed E-state index contributed by atoms with van der Waals surface area (Å²) in [5, 5.41) is 2.76. The highest BCUT2D eigenvalue weighted by Gasteiger charge is 1.97. The number of nitrogens with one attached hydrogen (secondary N) is 1. The zero-order valence-corrected chi connectivity index (χ0v) is 6.63. The maximum absolute atomic E-state index is 10.8. The zero-order chi connectivity index (χ0) is 8.27. The van der Waals surface area contributed by atoms with Gasteiger partial charge in [0.25, 0.3) is 5.56 Å². The van der Waals surface area contributed by atoms with Gasteiger partial charge in [0.15, 0.2) is 0 Å². The van der Waals surface area contributed by atoms with Gasteiger partial charge in [-0.2, -0.15) is 4.79 Å². The molecular weight excluding hydrogens is 142 g/mol. The van der Waals surface area contributed by atoms with Gasteiger partial charge in [-0.3, -0.25) is 9.89 Å². The second-order valence-corrected chi connectivity index (χ2v) is 2.59. The van der Waals surface area contributed by atoms with Gasteiger partial charge in [-0.25, -0.2) is 0 Å². The fourth-order valence-corrected chi connectivity index (χ4v) is 0.956. The Morgan fingerprint density at radius 1 is 1.73 bits per heavy atom. The standard InChI is InChI=1S/C7H13N3O/c1-2-3-4-6-5-7(11)10(8)9-6/h5,9H,2-4,8H2,1H3. The van der Waals surface area contributed by atoms with E-state index < -0.39 is 0 Å². The predicted molar refractivity (Wildman–Crippen MR) is 43.8 cm³/mol. The third-order valence-corrected chi connectivity index (χ3v) is 1.60. The van der Waals surface area contributed by atoms with Crippen LogP contribution in [-0.2, 0) is 6.42 Å². The Hall–Kier alpha value is -1.19. The summed E-state index contributed by atoms with van der Waals surface area (Å²) < 4.78 is 0. The zero-order valence-electron chi connectivity index (χ0n) is 6.63. The summed E-state index contributed by atoms with van der Waals surface area (Å²) in [5.41, 5.74) is 0.746. The van der Waals surface area contributed by atoms with Crippen molar-refractivity contribution in [2.45, 2.75) is 26.2 Å². The van der Waals surface area contributed by atoms with E-state index in [-0.39, 0.29) is 5.56 Å². The first-order valence-corrected chi connectivity index (χ1v) is 3.80. The van der Waals surface area contributed by atoms with Crippen LogP contribution in [0.3, 0.4) is 0 Å². The van der Waals surface area contributed by atoms with E-state index in [4.69, 9.17) is 5.84 Å². The van der Waals surface area contributed by atoms with Crippen molar-refractivity contribution in [2.24, 2.45) is 0 Å². The number of nitrogens with two attached hydrogens (primary N) is 1. The molecule has 0 unspecified atom stereocenters. The number of rotatable bonds is 3. The number of nitrogens with zero attached hydrogens (tertiary/aromatic N) is 1. The number of aromatic amines is 1. The molecule has 3 N–H and O–H groups in total. The molecule has 0 saturated heterocycles. The highest BCUT2D eigenvalue weighted by molar-refractivity contribution is 4.99. The fraction of sp³-hybridized carbons (Fsp3) is 0.571. The van der Waals surface area contributed by atoms with Crippen LogP contribution in [0.5, 0.6) is 0 Å². The van der Waals surface area contributed by atoms with Gasteiger partial charge in [0, 0.05) is 11.8 Å². The molecular formula is C7H13N3O. The topological polar surface area (TPSA) is 63.8 Å². The maximum Gasteiger partial charge on any atom is 0.285 e. The minimum Gasteiger partial charge on any atom is -0.321 e. The number of unbranched alkanes of at least 4 members (excludes halogenated alkanes) is 1. The van der Waals surface area contributed by atoms with E-state index in [0.717, 1.165) is 29.7 Å². The summed E-state index contributed by atoms with van der Waals surface area (Å²) in [5.74, 6) is 5.26. The highest BCUT2D eigenvalue weighted by Crippen LogP contribution is 1.97. The molecule has 0 bridgehead atoms. The van der Waals surface area contributed by atoms with Crippen LogP contribution in [0.25, 0.3) is 0 Å². The Bertz CT molecular complexity index is 273. The van der Waals surface area contributed by atoms with Crippen molar-refractivity contribution in [3.8, 4) is 0 Å². The molecule has 0 aliphatic carbocycles. The van der Waals surface area contributed by atoms with E-state index in [1.807, 2.05) is 0 Å². The highest BCUT2D eigenvalue weighted by atomic mass is 16.1. The SMILES string of the molecule is CCCCc1cc(=O)n(N)[nH]1. The molecule has 0 spiro atoms. The molecule has 0 aliphatic rings. The second kappa shape index (κ2) is 3.27. The fourth-order valence-electron chi connectivity index (χ4n) is 0.956. The van der Waals surface area contributed by atoms with Gasteiger partial charge in [0.2, 0.25) is 0 Å². The molecule has 4 nitrogen and oxygen atoms in total. The van der Waals surface area contributed by atoms with E-state index in [0.29, 0.717) is 0 Å². The van der Waals surface area contributed by atoms with E-state index in [2.05, 4.69) is 12.0 Å².